The Hall–Kier alpha value is -0.870. The van der Waals surface area contributed by atoms with Gasteiger partial charge in [0.15, 0.2) is 5.79 Å². The monoisotopic (exact) mass is 254 g/mol. The Morgan fingerprint density at radius 1 is 1.33 bits per heavy atom. The van der Waals surface area contributed by atoms with Crippen molar-refractivity contribution in [1.29, 1.82) is 0 Å². The van der Waals surface area contributed by atoms with Crippen molar-refractivity contribution in [2.24, 2.45) is 5.92 Å². The highest BCUT2D eigenvalue weighted by Gasteiger charge is 2.39. The Kier molecular flexibility index (Phi) is 4.78. The quantitative estimate of drug-likeness (QED) is 0.571. The van der Waals surface area contributed by atoms with E-state index in [0.29, 0.717) is 0 Å². The van der Waals surface area contributed by atoms with Gasteiger partial charge in [-0.2, -0.15) is 0 Å². The Balaban J connectivity index is 1.64. The van der Waals surface area contributed by atoms with E-state index in [0.717, 1.165) is 57.7 Å². The minimum Gasteiger partial charge on any atom is -0.466 e. The van der Waals surface area contributed by atoms with E-state index >= 15 is 0 Å². The van der Waals surface area contributed by atoms with Crippen molar-refractivity contribution in [3.63, 3.8) is 0 Å². The first-order chi connectivity index (χ1) is 8.74. The number of carbonyl (C=O) groups is 1. The van der Waals surface area contributed by atoms with E-state index in [1.54, 1.807) is 0 Å². The fourth-order valence-corrected chi connectivity index (χ4v) is 2.77. The van der Waals surface area contributed by atoms with Gasteiger partial charge >= 0.3 is 5.97 Å². The predicted molar refractivity (Wildman–Crippen MR) is 67.0 cm³/mol. The van der Waals surface area contributed by atoms with Gasteiger partial charge in [-0.05, 0) is 31.6 Å². The van der Waals surface area contributed by atoms with Crippen LogP contribution in [0, 0.1) is 5.92 Å². The minimum absolute atomic E-state index is 0.252. The third-order valence-corrected chi connectivity index (χ3v) is 3.88. The maximum Gasteiger partial charge on any atom is 0.330 e. The molecule has 1 aliphatic heterocycles. The second kappa shape index (κ2) is 6.34. The second-order valence-electron chi connectivity index (χ2n) is 5.05. The summed E-state index contributed by atoms with van der Waals surface area (Å²) < 4.78 is 16.0. The van der Waals surface area contributed by atoms with Crippen LogP contribution >= 0.6 is 0 Å². The van der Waals surface area contributed by atoms with Crippen molar-refractivity contribution in [2.45, 2.75) is 44.3 Å². The van der Waals surface area contributed by atoms with Crippen molar-refractivity contribution in [3.8, 4) is 0 Å². The molecule has 2 rings (SSSR count). The number of methoxy groups -OCH3 is 1. The number of rotatable bonds is 4. The highest BCUT2D eigenvalue weighted by molar-refractivity contribution is 5.81. The maximum absolute atomic E-state index is 10.9. The van der Waals surface area contributed by atoms with E-state index in [9.17, 15) is 4.79 Å². The van der Waals surface area contributed by atoms with Crippen molar-refractivity contribution in [1.82, 2.24) is 0 Å². The number of hydrogen-bond acceptors (Lipinski definition) is 4. The maximum atomic E-state index is 10.9. The van der Waals surface area contributed by atoms with Crippen LogP contribution in [-0.4, -0.2) is 32.1 Å². The SMILES string of the molecule is COC(=O)/C=C\CCC1CCC2(CC1)OCCO2. The van der Waals surface area contributed by atoms with E-state index in [4.69, 9.17) is 9.47 Å². The highest BCUT2D eigenvalue weighted by atomic mass is 16.7. The second-order valence-corrected chi connectivity index (χ2v) is 5.05. The molecule has 1 saturated carbocycles. The molecule has 4 heteroatoms. The molecule has 0 aromatic carbocycles. The molecule has 0 aromatic heterocycles. The summed E-state index contributed by atoms with van der Waals surface area (Å²) >= 11 is 0. The van der Waals surface area contributed by atoms with Gasteiger partial charge in [0.25, 0.3) is 0 Å². The molecule has 0 N–H and O–H groups in total. The summed E-state index contributed by atoms with van der Waals surface area (Å²) in [6.45, 7) is 1.49. The zero-order chi connectivity index (χ0) is 12.8. The topological polar surface area (TPSA) is 44.8 Å². The summed E-state index contributed by atoms with van der Waals surface area (Å²) in [6.07, 6.45) is 9.82. The molecular formula is C14H22O4. The Morgan fingerprint density at radius 3 is 2.61 bits per heavy atom. The van der Waals surface area contributed by atoms with Gasteiger partial charge in [0.05, 0.1) is 20.3 Å². The van der Waals surface area contributed by atoms with Crippen LogP contribution in [0.4, 0.5) is 0 Å². The fraction of sp³-hybridized carbons (Fsp3) is 0.786. The number of esters is 1. The molecule has 0 radical (unpaired) electrons. The summed E-state index contributed by atoms with van der Waals surface area (Å²) in [5, 5.41) is 0. The lowest BCUT2D eigenvalue weighted by Gasteiger charge is -2.35. The van der Waals surface area contributed by atoms with Gasteiger partial charge in [-0.15, -0.1) is 0 Å². The Bertz CT molecular complexity index is 295. The smallest absolute Gasteiger partial charge is 0.330 e. The molecular weight excluding hydrogens is 232 g/mol. The molecule has 1 spiro atoms. The molecule has 1 saturated heterocycles. The normalized spacial score (nSPS) is 23.8. The highest BCUT2D eigenvalue weighted by Crippen LogP contribution is 2.39. The van der Waals surface area contributed by atoms with Crippen LogP contribution in [0.3, 0.4) is 0 Å². The van der Waals surface area contributed by atoms with Crippen LogP contribution in [0.15, 0.2) is 12.2 Å². The standard InChI is InChI=1S/C14H22O4/c1-16-13(15)5-3-2-4-12-6-8-14(9-7-12)17-10-11-18-14/h3,5,12H,2,4,6-11H2,1H3/b5-3-. The van der Waals surface area contributed by atoms with E-state index in [1.165, 1.54) is 13.2 Å². The summed E-state index contributed by atoms with van der Waals surface area (Å²) in [6, 6.07) is 0. The van der Waals surface area contributed by atoms with E-state index in [1.807, 2.05) is 6.08 Å². The number of ether oxygens (including phenoxy) is 3. The van der Waals surface area contributed by atoms with Crippen LogP contribution < -0.4 is 0 Å². The first-order valence-corrected chi connectivity index (χ1v) is 6.76. The average molecular weight is 254 g/mol. The zero-order valence-electron chi connectivity index (χ0n) is 11.0. The molecule has 2 aliphatic rings. The van der Waals surface area contributed by atoms with Crippen LogP contribution in [0.2, 0.25) is 0 Å². The summed E-state index contributed by atoms with van der Waals surface area (Å²) in [5.41, 5.74) is 0. The zero-order valence-corrected chi connectivity index (χ0v) is 11.0. The van der Waals surface area contributed by atoms with Gasteiger partial charge in [-0.3, -0.25) is 0 Å². The Labute approximate surface area is 108 Å². The summed E-state index contributed by atoms with van der Waals surface area (Å²) in [4.78, 5) is 10.9. The number of hydrogen-bond donors (Lipinski definition) is 0. The van der Waals surface area contributed by atoms with Crippen molar-refractivity contribution < 1.29 is 19.0 Å². The first-order valence-electron chi connectivity index (χ1n) is 6.76. The fourth-order valence-electron chi connectivity index (χ4n) is 2.77. The molecule has 4 nitrogen and oxygen atoms in total. The van der Waals surface area contributed by atoms with E-state index < -0.39 is 0 Å². The lowest BCUT2D eigenvalue weighted by atomic mass is 9.82. The summed E-state index contributed by atoms with van der Waals surface area (Å²) in [5.74, 6) is 0.203. The van der Waals surface area contributed by atoms with Crippen molar-refractivity contribution in [2.75, 3.05) is 20.3 Å². The first kappa shape index (κ1) is 13.6. The average Bonchev–Trinajstić information content (AvgIpc) is 2.85. The predicted octanol–water partition coefficient (Wildman–Crippen LogP) is 2.43. The van der Waals surface area contributed by atoms with Crippen molar-refractivity contribution >= 4 is 5.97 Å². The Morgan fingerprint density at radius 2 is 2.00 bits per heavy atom. The van der Waals surface area contributed by atoms with Gasteiger partial charge in [0.1, 0.15) is 0 Å². The van der Waals surface area contributed by atoms with Crippen molar-refractivity contribution in [3.05, 3.63) is 12.2 Å². The largest absolute Gasteiger partial charge is 0.466 e. The van der Waals surface area contributed by atoms with Crippen LogP contribution in [0.1, 0.15) is 38.5 Å². The lowest BCUT2D eigenvalue weighted by molar-refractivity contribution is -0.182. The molecule has 102 valence electrons. The molecule has 0 unspecified atom stereocenters. The van der Waals surface area contributed by atoms with Gasteiger partial charge in [0, 0.05) is 18.9 Å². The molecule has 2 fully saturated rings. The van der Waals surface area contributed by atoms with Crippen LogP contribution in [0.25, 0.3) is 0 Å². The van der Waals surface area contributed by atoms with Gasteiger partial charge in [-0.1, -0.05) is 6.08 Å². The number of allylic oxidation sites excluding steroid dienone is 1. The number of carbonyl (C=O) groups excluding carboxylic acids is 1. The minimum atomic E-state index is -0.273. The van der Waals surface area contributed by atoms with Crippen LogP contribution in [-0.2, 0) is 19.0 Å². The molecule has 0 amide bonds. The molecule has 18 heavy (non-hydrogen) atoms. The van der Waals surface area contributed by atoms with Gasteiger partial charge < -0.3 is 14.2 Å². The van der Waals surface area contributed by atoms with E-state index in [2.05, 4.69) is 4.74 Å². The lowest BCUT2D eigenvalue weighted by Crippen LogP contribution is -2.35. The van der Waals surface area contributed by atoms with Gasteiger partial charge in [-0.25, -0.2) is 4.79 Å². The molecule has 1 heterocycles. The van der Waals surface area contributed by atoms with Crippen LogP contribution in [0.5, 0.6) is 0 Å². The molecule has 0 bridgehead atoms. The molecule has 1 aliphatic carbocycles. The van der Waals surface area contributed by atoms with Gasteiger partial charge in [0.2, 0.25) is 0 Å². The third kappa shape index (κ3) is 3.56. The summed E-state index contributed by atoms with van der Waals surface area (Å²) in [7, 11) is 1.40. The van der Waals surface area contributed by atoms with E-state index in [-0.39, 0.29) is 11.8 Å². The molecule has 0 aromatic rings. The molecule has 0 atom stereocenters. The third-order valence-electron chi connectivity index (χ3n) is 3.88.